The lowest BCUT2D eigenvalue weighted by Gasteiger charge is -2.06. The second-order valence-electron chi connectivity index (χ2n) is 5.43. The van der Waals surface area contributed by atoms with Gasteiger partial charge in [-0.1, -0.05) is 28.1 Å². The van der Waals surface area contributed by atoms with Gasteiger partial charge in [-0.15, -0.1) is 0 Å². The molecule has 0 fully saturated rings. The highest BCUT2D eigenvalue weighted by Crippen LogP contribution is 2.26. The van der Waals surface area contributed by atoms with E-state index in [0.717, 1.165) is 26.5 Å². The third kappa shape index (κ3) is 3.44. The molecule has 0 atom stereocenters. The summed E-state index contributed by atoms with van der Waals surface area (Å²) >= 11 is 3.45. The van der Waals surface area contributed by atoms with Crippen LogP contribution >= 0.6 is 15.9 Å². The minimum absolute atomic E-state index is 0.208. The molecule has 0 saturated heterocycles. The summed E-state index contributed by atoms with van der Waals surface area (Å²) in [7, 11) is 1.59. The SMILES string of the molecule is COc1ccc2c(CNCc3cccc(Br)c3)c(C(=O)O)[nH]c2c1. The number of hydrogen-bond donors (Lipinski definition) is 3. The molecule has 2 aromatic carbocycles. The molecule has 1 heterocycles. The highest BCUT2D eigenvalue weighted by Gasteiger charge is 2.17. The van der Waals surface area contributed by atoms with Gasteiger partial charge in [0.15, 0.2) is 0 Å². The first kappa shape index (κ1) is 16.5. The van der Waals surface area contributed by atoms with Crippen LogP contribution in [0.4, 0.5) is 0 Å². The van der Waals surface area contributed by atoms with Crippen molar-refractivity contribution in [3.8, 4) is 5.75 Å². The molecule has 3 rings (SSSR count). The number of aromatic carboxylic acids is 1. The Morgan fingerprint density at radius 1 is 1.25 bits per heavy atom. The predicted molar refractivity (Wildman–Crippen MR) is 96.5 cm³/mol. The number of aromatic amines is 1. The normalized spacial score (nSPS) is 10.9. The summed E-state index contributed by atoms with van der Waals surface area (Å²) in [6.45, 7) is 1.11. The Bertz CT molecular complexity index is 889. The molecule has 0 amide bonds. The van der Waals surface area contributed by atoms with Gasteiger partial charge in [0.1, 0.15) is 11.4 Å². The smallest absolute Gasteiger partial charge is 0.352 e. The Hall–Kier alpha value is -2.31. The van der Waals surface area contributed by atoms with Crippen LogP contribution in [0.15, 0.2) is 46.9 Å². The molecule has 0 spiro atoms. The van der Waals surface area contributed by atoms with E-state index in [1.165, 1.54) is 0 Å². The van der Waals surface area contributed by atoms with E-state index in [1.807, 2.05) is 36.4 Å². The quantitative estimate of drug-likeness (QED) is 0.597. The number of nitrogens with one attached hydrogen (secondary N) is 2. The van der Waals surface area contributed by atoms with Gasteiger partial charge in [0.05, 0.1) is 12.6 Å². The fourth-order valence-corrected chi connectivity index (χ4v) is 3.15. The maximum absolute atomic E-state index is 11.5. The topological polar surface area (TPSA) is 74.3 Å². The van der Waals surface area contributed by atoms with Gasteiger partial charge in [0.2, 0.25) is 0 Å². The molecular formula is C18H17BrN2O3. The van der Waals surface area contributed by atoms with Gasteiger partial charge in [-0.05, 0) is 29.8 Å². The van der Waals surface area contributed by atoms with Crippen molar-refractivity contribution in [3.63, 3.8) is 0 Å². The van der Waals surface area contributed by atoms with Crippen molar-refractivity contribution in [2.45, 2.75) is 13.1 Å². The van der Waals surface area contributed by atoms with Crippen LogP contribution in [-0.2, 0) is 13.1 Å². The first-order valence-electron chi connectivity index (χ1n) is 7.45. The summed E-state index contributed by atoms with van der Waals surface area (Å²) in [5, 5.41) is 13.6. The Kier molecular flexibility index (Phi) is 4.87. The number of benzene rings is 2. The highest BCUT2D eigenvalue weighted by molar-refractivity contribution is 9.10. The van der Waals surface area contributed by atoms with Crippen LogP contribution in [0.2, 0.25) is 0 Å². The number of carboxylic acid groups (broad SMARTS) is 1. The van der Waals surface area contributed by atoms with Crippen molar-refractivity contribution >= 4 is 32.8 Å². The maximum atomic E-state index is 11.5. The second kappa shape index (κ2) is 7.07. The van der Waals surface area contributed by atoms with Gasteiger partial charge in [-0.2, -0.15) is 0 Å². The van der Waals surface area contributed by atoms with Gasteiger partial charge in [0, 0.05) is 34.6 Å². The molecule has 24 heavy (non-hydrogen) atoms. The third-order valence-corrected chi connectivity index (χ3v) is 4.34. The number of carbonyl (C=O) groups is 1. The fourth-order valence-electron chi connectivity index (χ4n) is 2.71. The molecule has 0 unspecified atom stereocenters. The van der Waals surface area contributed by atoms with Crippen molar-refractivity contribution in [2.24, 2.45) is 0 Å². The van der Waals surface area contributed by atoms with Crippen molar-refractivity contribution in [3.05, 3.63) is 63.8 Å². The number of carboxylic acids is 1. The van der Waals surface area contributed by atoms with Gasteiger partial charge >= 0.3 is 5.97 Å². The molecule has 0 saturated carbocycles. The number of ether oxygens (including phenoxy) is 1. The number of halogens is 1. The zero-order valence-electron chi connectivity index (χ0n) is 13.1. The minimum Gasteiger partial charge on any atom is -0.497 e. The average Bonchev–Trinajstić information content (AvgIpc) is 2.93. The first-order valence-corrected chi connectivity index (χ1v) is 8.25. The van der Waals surface area contributed by atoms with E-state index >= 15 is 0 Å². The average molecular weight is 389 g/mol. The van der Waals surface area contributed by atoms with Crippen molar-refractivity contribution in [1.82, 2.24) is 10.3 Å². The van der Waals surface area contributed by atoms with Crippen LogP contribution in [0.3, 0.4) is 0 Å². The number of rotatable bonds is 6. The van der Waals surface area contributed by atoms with Crippen LogP contribution in [0.1, 0.15) is 21.6 Å². The number of H-pyrrole nitrogens is 1. The van der Waals surface area contributed by atoms with Crippen LogP contribution in [-0.4, -0.2) is 23.2 Å². The maximum Gasteiger partial charge on any atom is 0.352 e. The summed E-state index contributed by atoms with van der Waals surface area (Å²) in [5.41, 5.74) is 2.84. The van der Waals surface area contributed by atoms with E-state index in [-0.39, 0.29) is 5.69 Å². The Balaban J connectivity index is 1.84. The summed E-state index contributed by atoms with van der Waals surface area (Å²) in [6, 6.07) is 13.5. The van der Waals surface area contributed by atoms with Gasteiger partial charge < -0.3 is 20.1 Å². The fraction of sp³-hybridized carbons (Fsp3) is 0.167. The largest absolute Gasteiger partial charge is 0.497 e. The molecule has 6 heteroatoms. The molecule has 1 aromatic heterocycles. The van der Waals surface area contributed by atoms with E-state index in [0.29, 0.717) is 18.8 Å². The standard InChI is InChI=1S/C18H17BrN2O3/c1-24-13-5-6-14-15(17(18(22)23)21-16(14)8-13)10-20-9-11-3-2-4-12(19)7-11/h2-8,20-21H,9-10H2,1H3,(H,22,23). The van der Waals surface area contributed by atoms with Crippen molar-refractivity contribution in [2.75, 3.05) is 7.11 Å². The molecule has 0 aliphatic carbocycles. The lowest BCUT2D eigenvalue weighted by atomic mass is 10.1. The summed E-state index contributed by atoms with van der Waals surface area (Å²) < 4.78 is 6.22. The number of methoxy groups -OCH3 is 1. The molecule has 0 bridgehead atoms. The predicted octanol–water partition coefficient (Wildman–Crippen LogP) is 3.93. The lowest BCUT2D eigenvalue weighted by Crippen LogP contribution is -2.15. The lowest BCUT2D eigenvalue weighted by molar-refractivity contribution is 0.0690. The first-order chi connectivity index (χ1) is 11.6. The van der Waals surface area contributed by atoms with Crippen LogP contribution in [0.5, 0.6) is 5.75 Å². The Morgan fingerprint density at radius 2 is 2.08 bits per heavy atom. The third-order valence-electron chi connectivity index (χ3n) is 3.85. The van der Waals surface area contributed by atoms with E-state index < -0.39 is 5.97 Å². The summed E-state index contributed by atoms with van der Waals surface area (Å²) in [5.74, 6) is -0.279. The summed E-state index contributed by atoms with van der Waals surface area (Å²) in [4.78, 5) is 14.5. The van der Waals surface area contributed by atoms with E-state index in [4.69, 9.17) is 4.74 Å². The number of fused-ring (bicyclic) bond motifs is 1. The highest BCUT2D eigenvalue weighted by atomic mass is 79.9. The summed E-state index contributed by atoms with van der Waals surface area (Å²) in [6.07, 6.45) is 0. The van der Waals surface area contributed by atoms with Gasteiger partial charge in [0.25, 0.3) is 0 Å². The minimum atomic E-state index is -0.968. The van der Waals surface area contributed by atoms with Crippen LogP contribution in [0, 0.1) is 0 Å². The van der Waals surface area contributed by atoms with Crippen LogP contribution < -0.4 is 10.1 Å². The number of hydrogen-bond acceptors (Lipinski definition) is 3. The molecule has 3 N–H and O–H groups in total. The van der Waals surface area contributed by atoms with E-state index in [1.54, 1.807) is 13.2 Å². The van der Waals surface area contributed by atoms with Crippen molar-refractivity contribution < 1.29 is 14.6 Å². The van der Waals surface area contributed by atoms with Gasteiger partial charge in [-0.3, -0.25) is 0 Å². The molecule has 5 nitrogen and oxygen atoms in total. The zero-order chi connectivity index (χ0) is 17.1. The van der Waals surface area contributed by atoms with Gasteiger partial charge in [-0.25, -0.2) is 4.79 Å². The molecule has 0 aliphatic heterocycles. The van der Waals surface area contributed by atoms with Crippen molar-refractivity contribution in [1.29, 1.82) is 0 Å². The molecular weight excluding hydrogens is 372 g/mol. The zero-order valence-corrected chi connectivity index (χ0v) is 14.7. The Labute approximate surface area is 147 Å². The monoisotopic (exact) mass is 388 g/mol. The van der Waals surface area contributed by atoms with Crippen LogP contribution in [0.25, 0.3) is 10.9 Å². The van der Waals surface area contributed by atoms with E-state index in [2.05, 4.69) is 26.2 Å². The Morgan fingerprint density at radius 3 is 2.79 bits per heavy atom. The molecule has 3 aromatic rings. The number of aromatic nitrogens is 1. The molecule has 0 aliphatic rings. The molecule has 0 radical (unpaired) electrons. The van der Waals surface area contributed by atoms with E-state index in [9.17, 15) is 9.90 Å². The molecule has 124 valence electrons. The second-order valence-corrected chi connectivity index (χ2v) is 6.34.